The lowest BCUT2D eigenvalue weighted by Crippen LogP contribution is -2.26. The lowest BCUT2D eigenvalue weighted by molar-refractivity contribution is 0.0943. The van der Waals surface area contributed by atoms with Gasteiger partial charge in [-0.3, -0.25) is 9.78 Å². The quantitative estimate of drug-likeness (QED) is 0.432. The topological polar surface area (TPSA) is 59.8 Å². The van der Waals surface area contributed by atoms with Crippen molar-refractivity contribution in [1.82, 2.24) is 20.1 Å². The van der Waals surface area contributed by atoms with Gasteiger partial charge in [0.15, 0.2) is 0 Å². The zero-order valence-electron chi connectivity index (χ0n) is 15.8. The molecular formula is C21H18Cl2N4OS. The Bertz CT molecular complexity index is 1170. The van der Waals surface area contributed by atoms with Gasteiger partial charge in [-0.05, 0) is 44.2 Å². The van der Waals surface area contributed by atoms with E-state index in [9.17, 15) is 4.79 Å². The monoisotopic (exact) mass is 444 g/mol. The van der Waals surface area contributed by atoms with E-state index in [1.165, 1.54) is 11.3 Å². The Balaban J connectivity index is 1.61. The fraction of sp³-hybridized carbons (Fsp3) is 0.190. The van der Waals surface area contributed by atoms with Crippen molar-refractivity contribution in [3.63, 3.8) is 0 Å². The first-order chi connectivity index (χ1) is 13.9. The van der Waals surface area contributed by atoms with Crippen LogP contribution in [-0.2, 0) is 6.54 Å². The third-order valence-electron chi connectivity index (χ3n) is 4.68. The Morgan fingerprint density at radius 3 is 2.66 bits per heavy atom. The van der Waals surface area contributed by atoms with Crippen molar-refractivity contribution in [3.8, 4) is 0 Å². The normalized spacial score (nSPS) is 12.3. The van der Waals surface area contributed by atoms with Gasteiger partial charge in [-0.25, -0.2) is 4.68 Å². The Morgan fingerprint density at radius 1 is 1.21 bits per heavy atom. The van der Waals surface area contributed by atoms with Crippen molar-refractivity contribution in [3.05, 3.63) is 80.5 Å². The van der Waals surface area contributed by atoms with E-state index >= 15 is 0 Å². The first kappa shape index (κ1) is 19.9. The third-order valence-corrected chi connectivity index (χ3v) is 6.54. The van der Waals surface area contributed by atoms with Gasteiger partial charge in [-0.15, -0.1) is 11.3 Å². The number of pyridine rings is 1. The minimum atomic E-state index is -0.187. The largest absolute Gasteiger partial charge is 0.343 e. The molecule has 0 aliphatic rings. The molecule has 1 atom stereocenters. The highest BCUT2D eigenvalue weighted by molar-refractivity contribution is 7.20. The number of amides is 1. The summed E-state index contributed by atoms with van der Waals surface area (Å²) in [6, 6.07) is 12.8. The van der Waals surface area contributed by atoms with Crippen molar-refractivity contribution in [1.29, 1.82) is 0 Å². The minimum Gasteiger partial charge on any atom is -0.343 e. The number of thiophene rings is 1. The molecular weight excluding hydrogens is 427 g/mol. The van der Waals surface area contributed by atoms with Gasteiger partial charge in [-0.1, -0.05) is 35.3 Å². The Morgan fingerprint density at radius 2 is 1.97 bits per heavy atom. The van der Waals surface area contributed by atoms with Crippen LogP contribution >= 0.6 is 34.5 Å². The van der Waals surface area contributed by atoms with Crippen LogP contribution in [0.3, 0.4) is 0 Å². The molecule has 5 nitrogen and oxygen atoms in total. The predicted molar refractivity (Wildman–Crippen MR) is 118 cm³/mol. The summed E-state index contributed by atoms with van der Waals surface area (Å²) in [5, 5.41) is 9.75. The molecule has 8 heteroatoms. The molecule has 3 heterocycles. The molecule has 1 unspecified atom stereocenters. The summed E-state index contributed by atoms with van der Waals surface area (Å²) in [5.41, 5.74) is 2.48. The lowest BCUT2D eigenvalue weighted by Gasteiger charge is -2.12. The molecule has 1 N–H and O–H groups in total. The second-order valence-corrected chi connectivity index (χ2v) is 8.57. The summed E-state index contributed by atoms with van der Waals surface area (Å²) < 4.78 is 1.85. The molecule has 0 saturated carbocycles. The van der Waals surface area contributed by atoms with Crippen molar-refractivity contribution in [2.45, 2.75) is 26.4 Å². The number of benzene rings is 1. The standard InChI is InChI=1S/C21H18Cl2N4OS/c1-12-14-10-19(20(28)25-13(2)18-8-3-4-9-24-18)29-21(14)27(26-12)11-15-16(22)6-5-7-17(15)23/h3-10,13H,11H2,1-2H3,(H,25,28). The van der Waals surface area contributed by atoms with E-state index in [2.05, 4.69) is 15.4 Å². The average Bonchev–Trinajstić information content (AvgIpc) is 3.27. The van der Waals surface area contributed by atoms with Gasteiger partial charge in [0.1, 0.15) is 4.83 Å². The van der Waals surface area contributed by atoms with Gasteiger partial charge >= 0.3 is 0 Å². The van der Waals surface area contributed by atoms with E-state index in [0.717, 1.165) is 27.2 Å². The fourth-order valence-electron chi connectivity index (χ4n) is 3.14. The summed E-state index contributed by atoms with van der Waals surface area (Å²) >= 11 is 14.0. The minimum absolute atomic E-state index is 0.133. The molecule has 0 radical (unpaired) electrons. The summed E-state index contributed by atoms with van der Waals surface area (Å²) in [5.74, 6) is -0.133. The number of hydrogen-bond donors (Lipinski definition) is 1. The molecule has 0 spiro atoms. The van der Waals surface area contributed by atoms with Crippen LogP contribution in [0.5, 0.6) is 0 Å². The van der Waals surface area contributed by atoms with Crippen LogP contribution in [0.2, 0.25) is 10.0 Å². The van der Waals surface area contributed by atoms with Crippen LogP contribution in [-0.4, -0.2) is 20.7 Å². The van der Waals surface area contributed by atoms with Crippen molar-refractivity contribution in [2.75, 3.05) is 0 Å². The summed E-state index contributed by atoms with van der Waals surface area (Å²) in [7, 11) is 0. The Labute approximate surface area is 182 Å². The molecule has 1 amide bonds. The second-order valence-electron chi connectivity index (χ2n) is 6.72. The van der Waals surface area contributed by atoms with Gasteiger partial charge in [0.2, 0.25) is 0 Å². The third kappa shape index (κ3) is 4.01. The van der Waals surface area contributed by atoms with E-state index in [0.29, 0.717) is 21.5 Å². The zero-order valence-corrected chi connectivity index (χ0v) is 18.1. The molecule has 0 saturated heterocycles. The van der Waals surface area contributed by atoms with E-state index in [1.807, 2.05) is 61.0 Å². The van der Waals surface area contributed by atoms with Gasteiger partial charge in [0, 0.05) is 27.2 Å². The number of carbonyl (C=O) groups is 1. The lowest BCUT2D eigenvalue weighted by atomic mass is 10.2. The molecule has 0 aliphatic heterocycles. The second kappa shape index (κ2) is 8.14. The van der Waals surface area contributed by atoms with Crippen LogP contribution in [0.1, 0.15) is 39.6 Å². The number of aromatic nitrogens is 3. The van der Waals surface area contributed by atoms with Gasteiger partial charge in [0.25, 0.3) is 5.91 Å². The maximum absolute atomic E-state index is 12.8. The van der Waals surface area contributed by atoms with Gasteiger partial charge in [0.05, 0.1) is 28.9 Å². The smallest absolute Gasteiger partial charge is 0.261 e. The number of rotatable bonds is 5. The molecule has 0 aliphatic carbocycles. The molecule has 148 valence electrons. The predicted octanol–water partition coefficient (Wildman–Crippen LogP) is 5.65. The maximum atomic E-state index is 12.8. The molecule has 4 rings (SSSR count). The van der Waals surface area contributed by atoms with Gasteiger partial charge < -0.3 is 5.32 Å². The van der Waals surface area contributed by atoms with Crippen LogP contribution in [0.15, 0.2) is 48.7 Å². The number of fused-ring (bicyclic) bond motifs is 1. The number of carbonyl (C=O) groups excluding carboxylic acids is 1. The highest BCUT2D eigenvalue weighted by Crippen LogP contribution is 2.31. The zero-order chi connectivity index (χ0) is 20.5. The van der Waals surface area contributed by atoms with Crippen LogP contribution < -0.4 is 5.32 Å². The van der Waals surface area contributed by atoms with E-state index in [4.69, 9.17) is 23.2 Å². The van der Waals surface area contributed by atoms with Gasteiger partial charge in [-0.2, -0.15) is 5.10 Å². The average molecular weight is 445 g/mol. The fourth-order valence-corrected chi connectivity index (χ4v) is 4.72. The molecule has 3 aromatic heterocycles. The number of nitrogens with one attached hydrogen (secondary N) is 1. The summed E-state index contributed by atoms with van der Waals surface area (Å²) in [4.78, 5) is 18.6. The molecule has 1 aromatic carbocycles. The number of halogens is 2. The first-order valence-electron chi connectivity index (χ1n) is 9.05. The number of aryl methyl sites for hydroxylation is 1. The Hall–Kier alpha value is -2.41. The molecule has 0 fully saturated rings. The SMILES string of the molecule is Cc1nn(Cc2c(Cl)cccc2Cl)c2sc(C(=O)NC(C)c3ccccn3)cc12. The van der Waals surface area contributed by atoms with Crippen LogP contribution in [0.25, 0.3) is 10.2 Å². The molecule has 0 bridgehead atoms. The number of hydrogen-bond acceptors (Lipinski definition) is 4. The number of nitrogens with zero attached hydrogens (tertiary/aromatic N) is 3. The molecule has 29 heavy (non-hydrogen) atoms. The van der Waals surface area contributed by atoms with Crippen molar-refractivity contribution in [2.24, 2.45) is 0 Å². The highest BCUT2D eigenvalue weighted by Gasteiger charge is 2.19. The van der Waals surface area contributed by atoms with E-state index in [1.54, 1.807) is 6.20 Å². The molecule has 4 aromatic rings. The summed E-state index contributed by atoms with van der Waals surface area (Å²) in [6.45, 7) is 4.28. The van der Waals surface area contributed by atoms with Crippen molar-refractivity contribution < 1.29 is 4.79 Å². The van der Waals surface area contributed by atoms with Crippen LogP contribution in [0.4, 0.5) is 0 Å². The highest BCUT2D eigenvalue weighted by atomic mass is 35.5. The Kier molecular flexibility index (Phi) is 5.58. The first-order valence-corrected chi connectivity index (χ1v) is 10.6. The van der Waals surface area contributed by atoms with E-state index < -0.39 is 0 Å². The maximum Gasteiger partial charge on any atom is 0.261 e. The van der Waals surface area contributed by atoms with Crippen molar-refractivity contribution >= 4 is 50.7 Å². The summed E-state index contributed by atoms with van der Waals surface area (Å²) in [6.07, 6.45) is 1.72. The van der Waals surface area contributed by atoms with E-state index in [-0.39, 0.29) is 11.9 Å². The van der Waals surface area contributed by atoms with Crippen LogP contribution in [0, 0.1) is 6.92 Å².